The van der Waals surface area contributed by atoms with Crippen molar-refractivity contribution in [3.05, 3.63) is 34.2 Å². The highest BCUT2D eigenvalue weighted by Crippen LogP contribution is 2.27. The Morgan fingerprint density at radius 1 is 1.53 bits per heavy atom. The standard InChI is InChI=1S/C11H13NO3/c13-10-9(11(14)15)5-2-6-12(10)7-8-3-1-4-8/h2,5-6,8H,1,3-4,7H2,(H,14,15). The van der Waals surface area contributed by atoms with Gasteiger partial charge in [0.2, 0.25) is 0 Å². The van der Waals surface area contributed by atoms with Crippen LogP contribution in [0.3, 0.4) is 0 Å². The van der Waals surface area contributed by atoms with Crippen molar-refractivity contribution >= 4 is 5.97 Å². The lowest BCUT2D eigenvalue weighted by atomic mass is 9.85. The summed E-state index contributed by atoms with van der Waals surface area (Å²) in [6.07, 6.45) is 5.17. The van der Waals surface area contributed by atoms with Crippen molar-refractivity contribution in [1.29, 1.82) is 0 Å². The number of carboxylic acids is 1. The molecule has 0 aromatic carbocycles. The third-order valence-electron chi connectivity index (χ3n) is 2.93. The predicted molar refractivity (Wildman–Crippen MR) is 55.0 cm³/mol. The van der Waals surface area contributed by atoms with Gasteiger partial charge in [0.25, 0.3) is 5.56 Å². The first-order valence-electron chi connectivity index (χ1n) is 5.11. The van der Waals surface area contributed by atoms with Crippen LogP contribution in [0.1, 0.15) is 29.6 Å². The molecule has 0 radical (unpaired) electrons. The molecular formula is C11H13NO3. The second-order valence-electron chi connectivity index (χ2n) is 3.98. The first-order valence-corrected chi connectivity index (χ1v) is 5.11. The van der Waals surface area contributed by atoms with Crippen LogP contribution >= 0.6 is 0 Å². The molecule has 1 heterocycles. The Morgan fingerprint density at radius 2 is 2.27 bits per heavy atom. The number of rotatable bonds is 3. The number of hydrogen-bond donors (Lipinski definition) is 1. The van der Waals surface area contributed by atoms with E-state index in [2.05, 4.69) is 0 Å². The molecule has 0 aliphatic heterocycles. The molecule has 4 nitrogen and oxygen atoms in total. The minimum absolute atomic E-state index is 0.142. The van der Waals surface area contributed by atoms with Crippen molar-refractivity contribution < 1.29 is 9.90 Å². The summed E-state index contributed by atoms with van der Waals surface area (Å²) in [5.74, 6) is -0.602. The molecule has 0 atom stereocenters. The van der Waals surface area contributed by atoms with E-state index >= 15 is 0 Å². The lowest BCUT2D eigenvalue weighted by Crippen LogP contribution is -2.30. The molecule has 15 heavy (non-hydrogen) atoms. The molecule has 1 N–H and O–H groups in total. The summed E-state index contributed by atoms with van der Waals surface area (Å²) in [5, 5.41) is 8.78. The van der Waals surface area contributed by atoms with Crippen LogP contribution in [0.4, 0.5) is 0 Å². The molecule has 0 spiro atoms. The number of carboxylic acid groups (broad SMARTS) is 1. The fourth-order valence-electron chi connectivity index (χ4n) is 1.80. The number of nitrogens with zero attached hydrogens (tertiary/aromatic N) is 1. The fraction of sp³-hybridized carbons (Fsp3) is 0.455. The van der Waals surface area contributed by atoms with Crippen molar-refractivity contribution in [2.45, 2.75) is 25.8 Å². The first-order chi connectivity index (χ1) is 7.18. The molecular weight excluding hydrogens is 194 g/mol. The molecule has 2 rings (SSSR count). The molecule has 4 heteroatoms. The van der Waals surface area contributed by atoms with Crippen LogP contribution in [-0.2, 0) is 6.54 Å². The van der Waals surface area contributed by atoms with E-state index in [9.17, 15) is 9.59 Å². The summed E-state index contributed by atoms with van der Waals surface area (Å²) in [6, 6.07) is 2.96. The van der Waals surface area contributed by atoms with E-state index in [1.807, 2.05) is 0 Å². The van der Waals surface area contributed by atoms with Crippen LogP contribution < -0.4 is 5.56 Å². The maximum Gasteiger partial charge on any atom is 0.341 e. The summed E-state index contributed by atoms with van der Waals surface area (Å²) < 4.78 is 1.51. The summed E-state index contributed by atoms with van der Waals surface area (Å²) in [5.41, 5.74) is -0.534. The largest absolute Gasteiger partial charge is 0.477 e. The second kappa shape index (κ2) is 3.88. The van der Waals surface area contributed by atoms with Gasteiger partial charge >= 0.3 is 5.97 Å². The lowest BCUT2D eigenvalue weighted by molar-refractivity contribution is 0.0694. The molecule has 1 aliphatic rings. The quantitative estimate of drug-likeness (QED) is 0.813. The van der Waals surface area contributed by atoms with E-state index in [4.69, 9.17) is 5.11 Å². The van der Waals surface area contributed by atoms with Crippen LogP contribution in [-0.4, -0.2) is 15.6 Å². The van der Waals surface area contributed by atoms with E-state index in [1.165, 1.54) is 17.1 Å². The Kier molecular flexibility index (Phi) is 2.58. The van der Waals surface area contributed by atoms with E-state index in [0.29, 0.717) is 12.5 Å². The number of hydrogen-bond acceptors (Lipinski definition) is 2. The SMILES string of the molecule is O=C(O)c1cccn(CC2CCC2)c1=O. The van der Waals surface area contributed by atoms with E-state index in [0.717, 1.165) is 12.8 Å². The van der Waals surface area contributed by atoms with Crippen molar-refractivity contribution in [2.24, 2.45) is 5.92 Å². The minimum Gasteiger partial charge on any atom is -0.477 e. The summed E-state index contributed by atoms with van der Waals surface area (Å²) in [7, 11) is 0. The van der Waals surface area contributed by atoms with E-state index in [1.54, 1.807) is 12.3 Å². The van der Waals surface area contributed by atoms with Crippen molar-refractivity contribution in [3.63, 3.8) is 0 Å². The average molecular weight is 207 g/mol. The topological polar surface area (TPSA) is 59.3 Å². The van der Waals surface area contributed by atoms with E-state index < -0.39 is 11.5 Å². The zero-order chi connectivity index (χ0) is 10.8. The first kappa shape index (κ1) is 9.96. The van der Waals surface area contributed by atoms with Crippen LogP contribution in [0.2, 0.25) is 0 Å². The van der Waals surface area contributed by atoms with E-state index in [-0.39, 0.29) is 5.56 Å². The van der Waals surface area contributed by atoms with Crippen LogP contribution in [0.5, 0.6) is 0 Å². The molecule has 1 saturated carbocycles. The van der Waals surface area contributed by atoms with Crippen molar-refractivity contribution in [2.75, 3.05) is 0 Å². The number of pyridine rings is 1. The number of aromatic carboxylic acids is 1. The maximum atomic E-state index is 11.7. The molecule has 1 aromatic rings. The van der Waals surface area contributed by atoms with Gasteiger partial charge in [-0.3, -0.25) is 4.79 Å². The summed E-state index contributed by atoms with van der Waals surface area (Å²) in [4.78, 5) is 22.4. The van der Waals surface area contributed by atoms with Gasteiger partial charge in [-0.1, -0.05) is 6.42 Å². The molecule has 0 unspecified atom stereocenters. The highest BCUT2D eigenvalue weighted by Gasteiger charge is 2.19. The van der Waals surface area contributed by atoms with Gasteiger partial charge in [0.1, 0.15) is 5.56 Å². The average Bonchev–Trinajstić information content (AvgIpc) is 2.13. The monoisotopic (exact) mass is 207 g/mol. The van der Waals surface area contributed by atoms with Crippen molar-refractivity contribution in [3.8, 4) is 0 Å². The smallest absolute Gasteiger partial charge is 0.341 e. The lowest BCUT2D eigenvalue weighted by Gasteiger charge is -2.25. The molecule has 1 aliphatic carbocycles. The fourth-order valence-corrected chi connectivity index (χ4v) is 1.80. The third kappa shape index (κ3) is 1.93. The molecule has 0 amide bonds. The summed E-state index contributed by atoms with van der Waals surface area (Å²) in [6.45, 7) is 0.653. The Balaban J connectivity index is 2.27. The van der Waals surface area contributed by atoms with Gasteiger partial charge in [0.15, 0.2) is 0 Å². The Morgan fingerprint density at radius 3 is 2.80 bits per heavy atom. The molecule has 0 bridgehead atoms. The van der Waals surface area contributed by atoms with Gasteiger partial charge in [0.05, 0.1) is 0 Å². The summed E-state index contributed by atoms with van der Waals surface area (Å²) >= 11 is 0. The molecule has 1 fully saturated rings. The highest BCUT2D eigenvalue weighted by molar-refractivity contribution is 5.86. The maximum absolute atomic E-state index is 11.7. The van der Waals surface area contributed by atoms with Crippen molar-refractivity contribution in [1.82, 2.24) is 4.57 Å². The zero-order valence-corrected chi connectivity index (χ0v) is 8.35. The van der Waals surface area contributed by atoms with Crippen LogP contribution in [0.25, 0.3) is 0 Å². The van der Waals surface area contributed by atoms with Gasteiger partial charge in [-0.05, 0) is 30.9 Å². The number of aromatic nitrogens is 1. The molecule has 0 saturated heterocycles. The van der Waals surface area contributed by atoms with Gasteiger partial charge in [-0.25, -0.2) is 4.79 Å². The number of carbonyl (C=O) groups is 1. The Labute approximate surface area is 87.2 Å². The Hall–Kier alpha value is -1.58. The molecule has 1 aromatic heterocycles. The normalized spacial score (nSPS) is 16.0. The van der Waals surface area contributed by atoms with Crippen LogP contribution in [0, 0.1) is 5.92 Å². The molecule has 80 valence electrons. The third-order valence-corrected chi connectivity index (χ3v) is 2.93. The zero-order valence-electron chi connectivity index (χ0n) is 8.35. The van der Waals surface area contributed by atoms with Gasteiger partial charge < -0.3 is 9.67 Å². The van der Waals surface area contributed by atoms with Crippen LogP contribution in [0.15, 0.2) is 23.1 Å². The predicted octanol–water partition coefficient (Wildman–Crippen LogP) is 1.35. The van der Waals surface area contributed by atoms with Gasteiger partial charge in [-0.15, -0.1) is 0 Å². The second-order valence-corrected chi connectivity index (χ2v) is 3.98. The minimum atomic E-state index is -1.15. The van der Waals surface area contributed by atoms with Gasteiger partial charge in [-0.2, -0.15) is 0 Å². The highest BCUT2D eigenvalue weighted by atomic mass is 16.4. The van der Waals surface area contributed by atoms with Gasteiger partial charge in [0, 0.05) is 12.7 Å². The Bertz CT molecular complexity index is 432.